The van der Waals surface area contributed by atoms with Crippen LogP contribution < -0.4 is 5.32 Å². The normalized spacial score (nSPS) is 17.6. The third-order valence-corrected chi connectivity index (χ3v) is 9.53. The van der Waals surface area contributed by atoms with Crippen molar-refractivity contribution in [1.29, 1.82) is 0 Å². The summed E-state index contributed by atoms with van der Waals surface area (Å²) in [6, 6.07) is 20.9. The van der Waals surface area contributed by atoms with E-state index in [1.165, 1.54) is 7.11 Å². The van der Waals surface area contributed by atoms with Crippen LogP contribution in [0.3, 0.4) is 0 Å². The minimum atomic E-state index is -0.629. The summed E-state index contributed by atoms with van der Waals surface area (Å²) in [4.78, 5) is 56.7. The number of fused-ring (bicyclic) bond motifs is 1. The molecule has 2 aliphatic rings. The highest BCUT2D eigenvalue weighted by Crippen LogP contribution is 2.35. The highest BCUT2D eigenvalue weighted by Gasteiger charge is 2.35. The van der Waals surface area contributed by atoms with Gasteiger partial charge < -0.3 is 29.7 Å². The van der Waals surface area contributed by atoms with E-state index >= 15 is 0 Å². The maximum absolute atomic E-state index is 12.8. The maximum atomic E-state index is 12.8. The van der Waals surface area contributed by atoms with E-state index < -0.39 is 11.7 Å². The van der Waals surface area contributed by atoms with Crippen molar-refractivity contribution in [2.75, 3.05) is 26.7 Å². The molecule has 0 saturated carbocycles. The van der Waals surface area contributed by atoms with E-state index in [-0.39, 0.29) is 30.6 Å². The van der Waals surface area contributed by atoms with Gasteiger partial charge in [0, 0.05) is 18.7 Å². The van der Waals surface area contributed by atoms with E-state index in [0.29, 0.717) is 13.1 Å². The Hall–Kier alpha value is -5.65. The molecule has 7 rings (SSSR count). The molecule has 12 nitrogen and oxygen atoms in total. The summed E-state index contributed by atoms with van der Waals surface area (Å²) >= 11 is 0. The number of alkyl carbamates (subject to hydrolysis) is 1. The number of likely N-dealkylation sites (tertiary alicyclic amines) is 2. The summed E-state index contributed by atoms with van der Waals surface area (Å²) in [6.45, 7) is 6.80. The molecule has 2 atom stereocenters. The molecule has 2 aliphatic heterocycles. The van der Waals surface area contributed by atoms with Crippen LogP contribution in [0.4, 0.5) is 9.59 Å². The number of methoxy groups -OCH3 is 1. The molecule has 3 aromatic carbocycles. The molecule has 0 spiro atoms. The zero-order valence-corrected chi connectivity index (χ0v) is 29.4. The van der Waals surface area contributed by atoms with Crippen molar-refractivity contribution in [2.45, 2.75) is 64.1 Å². The number of benzene rings is 3. The van der Waals surface area contributed by atoms with E-state index in [1.807, 2.05) is 33.2 Å². The molecule has 0 unspecified atom stereocenters. The molecule has 0 radical (unpaired) electrons. The van der Waals surface area contributed by atoms with Crippen LogP contribution in [0.5, 0.6) is 0 Å². The standard InChI is InChI=1S/C39H43N7O5/c1-39(2,3)51-38(49)46-18-6-8-33(46)36-40-21-30(43-36)25-11-9-24(10-12-25)26-13-14-28-20-29(16-15-27(28)19-26)31-22-41-35(44-31)32-7-5-17-45(32)34(47)23-42-37(48)50-4/h9-16,19-22,32-33H,5-8,17-18,23H2,1-4H3,(H,40,43)(H,41,44)(H,42,48)/t32-,33-/m0/s1. The van der Waals surface area contributed by atoms with Crippen LogP contribution in [0.1, 0.15) is 70.2 Å². The quantitative estimate of drug-likeness (QED) is 0.162. The Morgan fingerprint density at radius 1 is 0.765 bits per heavy atom. The molecular formula is C39H43N7O5. The Labute approximate surface area is 296 Å². The zero-order valence-electron chi connectivity index (χ0n) is 29.4. The highest BCUT2D eigenvalue weighted by molar-refractivity contribution is 5.90. The topological polar surface area (TPSA) is 146 Å². The molecule has 51 heavy (non-hydrogen) atoms. The first-order valence-corrected chi connectivity index (χ1v) is 17.4. The molecule has 12 heteroatoms. The Bertz CT molecular complexity index is 2060. The highest BCUT2D eigenvalue weighted by atomic mass is 16.6. The predicted molar refractivity (Wildman–Crippen MR) is 194 cm³/mol. The Kier molecular flexibility index (Phi) is 9.24. The van der Waals surface area contributed by atoms with Crippen LogP contribution in [0.15, 0.2) is 73.1 Å². The van der Waals surface area contributed by atoms with Gasteiger partial charge in [0.1, 0.15) is 23.8 Å². The van der Waals surface area contributed by atoms with Crippen LogP contribution in [0.25, 0.3) is 44.4 Å². The van der Waals surface area contributed by atoms with Crippen molar-refractivity contribution in [3.8, 4) is 33.6 Å². The number of ether oxygens (including phenoxy) is 2. The van der Waals surface area contributed by atoms with Gasteiger partial charge in [-0.15, -0.1) is 0 Å². The molecule has 2 fully saturated rings. The van der Waals surface area contributed by atoms with Gasteiger partial charge in [0.25, 0.3) is 0 Å². The first kappa shape index (κ1) is 33.8. The summed E-state index contributed by atoms with van der Waals surface area (Å²) in [5.41, 5.74) is 5.49. The number of rotatable bonds is 7. The van der Waals surface area contributed by atoms with Gasteiger partial charge in [-0.1, -0.05) is 48.5 Å². The summed E-state index contributed by atoms with van der Waals surface area (Å²) in [7, 11) is 1.27. The average Bonchev–Trinajstić information content (AvgIpc) is 3.95. The lowest BCUT2D eigenvalue weighted by Gasteiger charge is -2.27. The molecule has 5 aromatic rings. The smallest absolute Gasteiger partial charge is 0.410 e. The number of carbonyl (C=O) groups is 3. The number of aromatic nitrogens is 4. The molecule has 264 valence electrons. The third-order valence-electron chi connectivity index (χ3n) is 9.53. The number of hydrogen-bond donors (Lipinski definition) is 3. The van der Waals surface area contributed by atoms with Crippen molar-refractivity contribution in [3.05, 3.63) is 84.7 Å². The summed E-state index contributed by atoms with van der Waals surface area (Å²) < 4.78 is 10.2. The van der Waals surface area contributed by atoms with Gasteiger partial charge in [-0.25, -0.2) is 19.6 Å². The SMILES string of the molecule is COC(=O)NCC(=O)N1CCC[C@H]1c1ncc(-c2ccc3cc(-c4ccc(-c5cnc([C@@H]6CCCN6C(=O)OC(C)(C)C)[nH]5)cc4)ccc3c2)[nH]1. The number of amides is 3. The van der Waals surface area contributed by atoms with E-state index in [4.69, 9.17) is 4.74 Å². The minimum absolute atomic E-state index is 0.114. The van der Waals surface area contributed by atoms with Gasteiger partial charge in [0.15, 0.2) is 0 Å². The van der Waals surface area contributed by atoms with Crippen molar-refractivity contribution in [1.82, 2.24) is 35.1 Å². The summed E-state index contributed by atoms with van der Waals surface area (Å²) in [6.07, 6.45) is 6.14. The van der Waals surface area contributed by atoms with Gasteiger partial charge in [-0.3, -0.25) is 9.69 Å². The minimum Gasteiger partial charge on any atom is -0.453 e. The lowest BCUT2D eigenvalue weighted by atomic mass is 9.98. The maximum Gasteiger partial charge on any atom is 0.410 e. The fourth-order valence-corrected chi connectivity index (χ4v) is 7.00. The molecule has 0 bridgehead atoms. The van der Waals surface area contributed by atoms with E-state index in [9.17, 15) is 14.4 Å². The first-order chi connectivity index (χ1) is 24.6. The number of H-pyrrole nitrogens is 2. The van der Waals surface area contributed by atoms with E-state index in [2.05, 4.69) is 90.7 Å². The monoisotopic (exact) mass is 689 g/mol. The van der Waals surface area contributed by atoms with Crippen LogP contribution in [-0.4, -0.2) is 80.2 Å². The van der Waals surface area contributed by atoms with E-state index in [0.717, 1.165) is 81.7 Å². The van der Waals surface area contributed by atoms with Crippen molar-refractivity contribution in [3.63, 3.8) is 0 Å². The second kappa shape index (κ2) is 13.9. The third kappa shape index (κ3) is 7.30. The zero-order chi connectivity index (χ0) is 35.7. The summed E-state index contributed by atoms with van der Waals surface area (Å²) in [5, 5.41) is 4.70. The van der Waals surface area contributed by atoms with Crippen LogP contribution in [0.2, 0.25) is 0 Å². The molecule has 2 saturated heterocycles. The fourth-order valence-electron chi connectivity index (χ4n) is 7.00. The Morgan fingerprint density at radius 3 is 1.92 bits per heavy atom. The lowest BCUT2D eigenvalue weighted by Crippen LogP contribution is -2.40. The first-order valence-electron chi connectivity index (χ1n) is 17.4. The summed E-state index contributed by atoms with van der Waals surface area (Å²) in [5.74, 6) is 1.35. The number of nitrogens with zero attached hydrogens (tertiary/aromatic N) is 4. The Balaban J connectivity index is 1.02. The predicted octanol–water partition coefficient (Wildman–Crippen LogP) is 7.38. The Morgan fingerprint density at radius 2 is 1.29 bits per heavy atom. The van der Waals surface area contributed by atoms with Crippen molar-refractivity contribution in [2.24, 2.45) is 0 Å². The van der Waals surface area contributed by atoms with Crippen LogP contribution >= 0.6 is 0 Å². The number of imidazole rings is 2. The fraction of sp³-hybridized carbons (Fsp3) is 0.359. The molecular weight excluding hydrogens is 646 g/mol. The molecule has 2 aromatic heterocycles. The molecule has 3 N–H and O–H groups in total. The van der Waals surface area contributed by atoms with Crippen LogP contribution in [0, 0.1) is 0 Å². The van der Waals surface area contributed by atoms with Crippen LogP contribution in [-0.2, 0) is 14.3 Å². The molecule has 3 amide bonds. The number of hydrogen-bond acceptors (Lipinski definition) is 7. The molecule has 0 aliphatic carbocycles. The number of aromatic amines is 2. The average molecular weight is 690 g/mol. The van der Waals surface area contributed by atoms with Gasteiger partial charge in [0.05, 0.1) is 43.0 Å². The van der Waals surface area contributed by atoms with Gasteiger partial charge in [-0.2, -0.15) is 0 Å². The molecule has 4 heterocycles. The van der Waals surface area contributed by atoms with E-state index in [1.54, 1.807) is 9.80 Å². The van der Waals surface area contributed by atoms with Crippen molar-refractivity contribution < 1.29 is 23.9 Å². The van der Waals surface area contributed by atoms with Gasteiger partial charge in [-0.05, 0) is 86.1 Å². The largest absolute Gasteiger partial charge is 0.453 e. The van der Waals surface area contributed by atoms with Gasteiger partial charge in [0.2, 0.25) is 5.91 Å². The number of nitrogens with one attached hydrogen (secondary N) is 3. The lowest BCUT2D eigenvalue weighted by molar-refractivity contribution is -0.131. The van der Waals surface area contributed by atoms with Crippen molar-refractivity contribution >= 4 is 28.9 Å². The second-order valence-electron chi connectivity index (χ2n) is 14.1. The number of carbonyl (C=O) groups excluding carboxylic acids is 3. The second-order valence-corrected chi connectivity index (χ2v) is 14.1. The van der Waals surface area contributed by atoms with Gasteiger partial charge >= 0.3 is 12.2 Å².